The van der Waals surface area contributed by atoms with Crippen molar-refractivity contribution in [1.82, 2.24) is 4.90 Å². The van der Waals surface area contributed by atoms with Gasteiger partial charge in [-0.25, -0.2) is 0 Å². The maximum atomic E-state index is 6.06. The molecule has 2 N–H and O–H groups in total. The highest BCUT2D eigenvalue weighted by atomic mass is 16.5. The molecule has 0 aliphatic carbocycles. The van der Waals surface area contributed by atoms with Gasteiger partial charge in [0.2, 0.25) is 0 Å². The van der Waals surface area contributed by atoms with Gasteiger partial charge in [0.15, 0.2) is 0 Å². The maximum absolute atomic E-state index is 6.06. The van der Waals surface area contributed by atoms with E-state index < -0.39 is 0 Å². The van der Waals surface area contributed by atoms with E-state index in [1.807, 2.05) is 6.07 Å². The Balaban J connectivity index is 1.62. The lowest BCUT2D eigenvalue weighted by molar-refractivity contribution is 0.0896. The number of likely N-dealkylation sites (tertiary alicyclic amines) is 1. The number of nitrogens with two attached hydrogens (primary N) is 1. The van der Waals surface area contributed by atoms with Crippen LogP contribution in [0.5, 0.6) is 5.75 Å². The van der Waals surface area contributed by atoms with Crippen LogP contribution in [0, 0.1) is 0 Å². The fourth-order valence-corrected chi connectivity index (χ4v) is 3.08. The van der Waals surface area contributed by atoms with Crippen LogP contribution in [0.3, 0.4) is 0 Å². The van der Waals surface area contributed by atoms with Crippen molar-refractivity contribution < 1.29 is 4.74 Å². The Morgan fingerprint density at radius 3 is 3.00 bits per heavy atom. The van der Waals surface area contributed by atoms with Gasteiger partial charge in [-0.05, 0) is 31.4 Å². The van der Waals surface area contributed by atoms with Gasteiger partial charge in [-0.3, -0.25) is 4.90 Å². The van der Waals surface area contributed by atoms with Crippen molar-refractivity contribution in [2.45, 2.75) is 44.4 Å². The van der Waals surface area contributed by atoms with Gasteiger partial charge in [0.25, 0.3) is 0 Å². The maximum Gasteiger partial charge on any atom is 0.123 e. The van der Waals surface area contributed by atoms with E-state index in [9.17, 15) is 0 Å². The molecule has 98 valence electrons. The molecule has 0 amide bonds. The molecule has 3 nitrogen and oxygen atoms in total. The lowest BCUT2D eigenvalue weighted by Crippen LogP contribution is -2.50. The van der Waals surface area contributed by atoms with E-state index in [0.717, 1.165) is 31.7 Å². The fourth-order valence-electron chi connectivity index (χ4n) is 3.08. The second kappa shape index (κ2) is 4.90. The number of ether oxygens (including phenoxy) is 1. The molecule has 18 heavy (non-hydrogen) atoms. The summed E-state index contributed by atoms with van der Waals surface area (Å²) in [6, 6.07) is 9.34. The highest BCUT2D eigenvalue weighted by Gasteiger charge is 2.29. The first-order valence-corrected chi connectivity index (χ1v) is 6.96. The lowest BCUT2D eigenvalue weighted by atomic mass is 9.99. The number of hydrogen-bond acceptors (Lipinski definition) is 3. The van der Waals surface area contributed by atoms with Gasteiger partial charge >= 0.3 is 0 Å². The third kappa shape index (κ3) is 2.38. The van der Waals surface area contributed by atoms with Crippen molar-refractivity contribution in [1.29, 1.82) is 0 Å². The molecular weight excluding hydrogens is 224 g/mol. The summed E-state index contributed by atoms with van der Waals surface area (Å²) in [5.74, 6) is 1.07. The van der Waals surface area contributed by atoms with Crippen molar-refractivity contribution in [3.8, 4) is 5.75 Å². The minimum absolute atomic E-state index is 0.301. The second-order valence-corrected chi connectivity index (χ2v) is 5.69. The minimum Gasteiger partial charge on any atom is -0.488 e. The SMILES string of the molecule is CC1CCC(N)CN1CC1Cc2ccccc2O1. The Labute approximate surface area is 109 Å². The van der Waals surface area contributed by atoms with E-state index in [2.05, 4.69) is 30.0 Å². The Hall–Kier alpha value is -1.06. The molecule has 0 radical (unpaired) electrons. The molecule has 2 aliphatic rings. The van der Waals surface area contributed by atoms with Gasteiger partial charge in [0, 0.05) is 31.6 Å². The molecule has 3 atom stereocenters. The summed E-state index contributed by atoms with van der Waals surface area (Å²) >= 11 is 0. The summed E-state index contributed by atoms with van der Waals surface area (Å²) in [6.07, 6.45) is 3.70. The van der Waals surface area contributed by atoms with Gasteiger partial charge in [0.1, 0.15) is 11.9 Å². The Bertz CT molecular complexity index is 396. The van der Waals surface area contributed by atoms with E-state index in [0.29, 0.717) is 18.2 Å². The lowest BCUT2D eigenvalue weighted by Gasteiger charge is -2.37. The van der Waals surface area contributed by atoms with E-state index in [1.54, 1.807) is 0 Å². The van der Waals surface area contributed by atoms with Crippen molar-refractivity contribution in [2.24, 2.45) is 5.73 Å². The molecule has 0 spiro atoms. The van der Waals surface area contributed by atoms with E-state index >= 15 is 0 Å². The average Bonchev–Trinajstić information content (AvgIpc) is 2.76. The molecular formula is C15H22N2O. The summed E-state index contributed by atoms with van der Waals surface area (Å²) in [7, 11) is 0. The van der Waals surface area contributed by atoms with Crippen LogP contribution >= 0.6 is 0 Å². The van der Waals surface area contributed by atoms with E-state index in [4.69, 9.17) is 10.5 Å². The zero-order chi connectivity index (χ0) is 12.5. The number of rotatable bonds is 2. The number of piperidine rings is 1. The van der Waals surface area contributed by atoms with Crippen molar-refractivity contribution in [3.05, 3.63) is 29.8 Å². The van der Waals surface area contributed by atoms with Crippen LogP contribution in [0.1, 0.15) is 25.3 Å². The molecule has 3 unspecified atom stereocenters. The van der Waals surface area contributed by atoms with Crippen LogP contribution < -0.4 is 10.5 Å². The minimum atomic E-state index is 0.301. The molecule has 2 aliphatic heterocycles. The molecule has 0 aromatic heterocycles. The normalized spacial score (nSPS) is 32.0. The van der Waals surface area contributed by atoms with Gasteiger partial charge in [0.05, 0.1) is 0 Å². The van der Waals surface area contributed by atoms with Crippen LogP contribution in [0.15, 0.2) is 24.3 Å². The number of fused-ring (bicyclic) bond motifs is 1. The fraction of sp³-hybridized carbons (Fsp3) is 0.600. The van der Waals surface area contributed by atoms with Crippen molar-refractivity contribution in [2.75, 3.05) is 13.1 Å². The number of hydrogen-bond donors (Lipinski definition) is 1. The Morgan fingerprint density at radius 2 is 2.17 bits per heavy atom. The molecule has 0 bridgehead atoms. The largest absolute Gasteiger partial charge is 0.488 e. The van der Waals surface area contributed by atoms with Crippen LogP contribution in [-0.4, -0.2) is 36.2 Å². The summed E-state index contributed by atoms with van der Waals surface area (Å²) in [4.78, 5) is 2.49. The van der Waals surface area contributed by atoms with Crippen LogP contribution in [-0.2, 0) is 6.42 Å². The van der Waals surface area contributed by atoms with E-state index in [-0.39, 0.29) is 0 Å². The molecule has 1 fully saturated rings. The summed E-state index contributed by atoms with van der Waals surface area (Å²) in [5.41, 5.74) is 7.41. The number of benzene rings is 1. The highest BCUT2D eigenvalue weighted by Crippen LogP contribution is 2.29. The molecule has 2 heterocycles. The highest BCUT2D eigenvalue weighted by molar-refractivity contribution is 5.37. The van der Waals surface area contributed by atoms with Gasteiger partial charge < -0.3 is 10.5 Å². The first kappa shape index (κ1) is 12.0. The Kier molecular flexibility index (Phi) is 3.27. The third-order valence-corrected chi connectivity index (χ3v) is 4.20. The molecule has 1 saturated heterocycles. The van der Waals surface area contributed by atoms with Crippen LogP contribution in [0.25, 0.3) is 0 Å². The van der Waals surface area contributed by atoms with Gasteiger partial charge in [-0.15, -0.1) is 0 Å². The molecule has 0 saturated carbocycles. The molecule has 1 aromatic rings. The zero-order valence-electron chi connectivity index (χ0n) is 11.0. The molecule has 1 aromatic carbocycles. The van der Waals surface area contributed by atoms with Crippen LogP contribution in [0.4, 0.5) is 0 Å². The quantitative estimate of drug-likeness (QED) is 0.865. The Morgan fingerprint density at radius 1 is 1.33 bits per heavy atom. The monoisotopic (exact) mass is 246 g/mol. The summed E-state index contributed by atoms with van der Waals surface area (Å²) < 4.78 is 6.01. The molecule has 3 heteroatoms. The molecule has 3 rings (SSSR count). The topological polar surface area (TPSA) is 38.5 Å². The van der Waals surface area contributed by atoms with E-state index in [1.165, 1.54) is 12.0 Å². The average molecular weight is 246 g/mol. The number of para-hydroxylation sites is 1. The summed E-state index contributed by atoms with van der Waals surface area (Å²) in [5, 5.41) is 0. The second-order valence-electron chi connectivity index (χ2n) is 5.69. The zero-order valence-corrected chi connectivity index (χ0v) is 11.0. The third-order valence-electron chi connectivity index (χ3n) is 4.20. The smallest absolute Gasteiger partial charge is 0.123 e. The van der Waals surface area contributed by atoms with Gasteiger partial charge in [-0.1, -0.05) is 18.2 Å². The van der Waals surface area contributed by atoms with Gasteiger partial charge in [-0.2, -0.15) is 0 Å². The first-order valence-electron chi connectivity index (χ1n) is 6.96. The van der Waals surface area contributed by atoms with Crippen molar-refractivity contribution in [3.63, 3.8) is 0 Å². The van der Waals surface area contributed by atoms with Crippen molar-refractivity contribution >= 4 is 0 Å². The first-order chi connectivity index (χ1) is 8.72. The predicted molar refractivity (Wildman–Crippen MR) is 72.8 cm³/mol. The standard InChI is InChI=1S/C15H22N2O/c1-11-6-7-13(16)9-17(11)10-14-8-12-4-2-3-5-15(12)18-14/h2-5,11,13-14H,6-10,16H2,1H3. The number of nitrogens with zero attached hydrogens (tertiary/aromatic N) is 1. The predicted octanol–water partition coefficient (Wildman–Crippen LogP) is 1.80. The summed E-state index contributed by atoms with van der Waals surface area (Å²) in [6.45, 7) is 4.31. The van der Waals surface area contributed by atoms with Crippen LogP contribution in [0.2, 0.25) is 0 Å².